The van der Waals surface area contributed by atoms with Gasteiger partial charge in [-0.3, -0.25) is 4.79 Å². The van der Waals surface area contributed by atoms with Crippen molar-refractivity contribution in [2.45, 2.75) is 45.8 Å². The summed E-state index contributed by atoms with van der Waals surface area (Å²) >= 11 is 3.45. The molecule has 0 bridgehead atoms. The summed E-state index contributed by atoms with van der Waals surface area (Å²) in [6.45, 7) is 7.94. The van der Waals surface area contributed by atoms with Crippen LogP contribution in [0.5, 0.6) is 0 Å². The molecule has 1 saturated heterocycles. The van der Waals surface area contributed by atoms with E-state index in [9.17, 15) is 9.59 Å². The number of benzene rings is 1. The first kappa shape index (κ1) is 16.8. The lowest BCUT2D eigenvalue weighted by molar-refractivity contribution is -0.118. The van der Waals surface area contributed by atoms with Gasteiger partial charge in [-0.25, -0.2) is 4.79 Å². The van der Waals surface area contributed by atoms with Gasteiger partial charge in [0.1, 0.15) is 11.6 Å². The Bertz CT molecular complexity index is 596. The average Bonchev–Trinajstić information content (AvgIpc) is 2.72. The summed E-state index contributed by atoms with van der Waals surface area (Å²) in [7, 11) is 0. The van der Waals surface area contributed by atoms with E-state index in [1.165, 1.54) is 0 Å². The third-order valence-corrected chi connectivity index (χ3v) is 4.24. The molecule has 1 aliphatic rings. The van der Waals surface area contributed by atoms with Gasteiger partial charge in [0.15, 0.2) is 0 Å². The number of hydrogen-bond donors (Lipinski definition) is 1. The number of alkyl carbamates (subject to hydrolysis) is 1. The standard InChI is InChI=1S/C16H21BrN2O3/c1-10-9-11(5-6-12(10)17)19-8-7-13(14(19)20)18-15(21)22-16(2,3)4/h5-6,9,13H,7-8H2,1-4H3,(H,18,21). The van der Waals surface area contributed by atoms with Gasteiger partial charge in [-0.15, -0.1) is 0 Å². The van der Waals surface area contributed by atoms with Gasteiger partial charge in [0.25, 0.3) is 0 Å². The van der Waals surface area contributed by atoms with E-state index in [0.29, 0.717) is 13.0 Å². The van der Waals surface area contributed by atoms with Crippen LogP contribution in [-0.2, 0) is 9.53 Å². The molecule has 22 heavy (non-hydrogen) atoms. The minimum absolute atomic E-state index is 0.104. The van der Waals surface area contributed by atoms with Crippen LogP contribution >= 0.6 is 15.9 Å². The molecule has 0 radical (unpaired) electrons. The van der Waals surface area contributed by atoms with Crippen molar-refractivity contribution in [1.29, 1.82) is 0 Å². The molecule has 1 aromatic rings. The van der Waals surface area contributed by atoms with E-state index in [4.69, 9.17) is 4.74 Å². The number of carbonyl (C=O) groups excluding carboxylic acids is 2. The van der Waals surface area contributed by atoms with Gasteiger partial charge < -0.3 is 15.0 Å². The van der Waals surface area contributed by atoms with E-state index >= 15 is 0 Å². The molecule has 0 spiro atoms. The zero-order chi connectivity index (χ0) is 16.5. The quantitative estimate of drug-likeness (QED) is 0.870. The molecule has 0 aromatic heterocycles. The lowest BCUT2D eigenvalue weighted by Gasteiger charge is -2.22. The fourth-order valence-electron chi connectivity index (χ4n) is 2.32. The Balaban J connectivity index is 2.03. The smallest absolute Gasteiger partial charge is 0.408 e. The summed E-state index contributed by atoms with van der Waals surface area (Å²) in [5.74, 6) is -0.104. The SMILES string of the molecule is Cc1cc(N2CCC(NC(=O)OC(C)(C)C)C2=O)ccc1Br. The van der Waals surface area contributed by atoms with Gasteiger partial charge in [0.2, 0.25) is 5.91 Å². The summed E-state index contributed by atoms with van der Waals surface area (Å²) in [5, 5.41) is 2.65. The van der Waals surface area contributed by atoms with Crippen LogP contribution in [0, 0.1) is 6.92 Å². The Hall–Kier alpha value is -1.56. The highest BCUT2D eigenvalue weighted by atomic mass is 79.9. The first-order valence-corrected chi connectivity index (χ1v) is 8.04. The molecular formula is C16H21BrN2O3. The van der Waals surface area contributed by atoms with Crippen LogP contribution in [0.25, 0.3) is 0 Å². The Morgan fingerprint density at radius 2 is 2.09 bits per heavy atom. The predicted molar refractivity (Wildman–Crippen MR) is 89.0 cm³/mol. The van der Waals surface area contributed by atoms with Crippen LogP contribution in [0.15, 0.2) is 22.7 Å². The second kappa shape index (κ2) is 6.28. The Kier molecular flexibility index (Phi) is 4.80. The molecule has 1 aromatic carbocycles. The Morgan fingerprint density at radius 1 is 1.41 bits per heavy atom. The van der Waals surface area contributed by atoms with Crippen LogP contribution in [-0.4, -0.2) is 30.2 Å². The van der Waals surface area contributed by atoms with E-state index in [1.807, 2.05) is 25.1 Å². The number of rotatable bonds is 2. The number of nitrogens with one attached hydrogen (secondary N) is 1. The number of carbonyl (C=O) groups is 2. The van der Waals surface area contributed by atoms with Crippen molar-refractivity contribution >= 4 is 33.6 Å². The van der Waals surface area contributed by atoms with Crippen LogP contribution < -0.4 is 10.2 Å². The second-order valence-electron chi connectivity index (χ2n) is 6.41. The Labute approximate surface area is 139 Å². The number of aryl methyl sites for hydroxylation is 1. The molecule has 1 atom stereocenters. The van der Waals surface area contributed by atoms with Crippen molar-refractivity contribution in [1.82, 2.24) is 5.32 Å². The molecule has 0 aliphatic carbocycles. The summed E-state index contributed by atoms with van der Waals surface area (Å²) in [6, 6.07) is 5.24. The third-order valence-electron chi connectivity index (χ3n) is 3.35. The molecule has 1 unspecified atom stereocenters. The van der Waals surface area contributed by atoms with E-state index in [-0.39, 0.29) is 5.91 Å². The number of anilines is 1. The van der Waals surface area contributed by atoms with Gasteiger partial charge in [0.05, 0.1) is 0 Å². The van der Waals surface area contributed by atoms with Gasteiger partial charge >= 0.3 is 6.09 Å². The fraction of sp³-hybridized carbons (Fsp3) is 0.500. The van der Waals surface area contributed by atoms with Gasteiger partial charge in [0, 0.05) is 16.7 Å². The summed E-state index contributed by atoms with van der Waals surface area (Å²) < 4.78 is 6.20. The molecule has 2 amide bonds. The second-order valence-corrected chi connectivity index (χ2v) is 7.27. The highest BCUT2D eigenvalue weighted by Gasteiger charge is 2.34. The number of hydrogen-bond acceptors (Lipinski definition) is 3. The largest absolute Gasteiger partial charge is 0.444 e. The number of amides is 2. The average molecular weight is 369 g/mol. The van der Waals surface area contributed by atoms with E-state index < -0.39 is 17.7 Å². The number of halogens is 1. The summed E-state index contributed by atoms with van der Waals surface area (Å²) in [5.41, 5.74) is 1.34. The fourth-order valence-corrected chi connectivity index (χ4v) is 2.56. The highest BCUT2D eigenvalue weighted by molar-refractivity contribution is 9.10. The predicted octanol–water partition coefficient (Wildman–Crippen LogP) is 3.39. The van der Waals surface area contributed by atoms with Crippen LogP contribution in [0.4, 0.5) is 10.5 Å². The van der Waals surface area contributed by atoms with E-state index in [0.717, 1.165) is 15.7 Å². The molecule has 1 heterocycles. The molecule has 120 valence electrons. The minimum atomic E-state index is -0.575. The molecular weight excluding hydrogens is 348 g/mol. The van der Waals surface area contributed by atoms with Crippen LogP contribution in [0.1, 0.15) is 32.8 Å². The maximum Gasteiger partial charge on any atom is 0.408 e. The molecule has 6 heteroatoms. The first-order valence-electron chi connectivity index (χ1n) is 7.24. The summed E-state index contributed by atoms with van der Waals surface area (Å²) in [6.07, 6.45) is 0.0207. The van der Waals surface area contributed by atoms with Crippen LogP contribution in [0.3, 0.4) is 0 Å². The van der Waals surface area contributed by atoms with Crippen molar-refractivity contribution in [3.05, 3.63) is 28.2 Å². The molecule has 0 saturated carbocycles. The van der Waals surface area contributed by atoms with Crippen molar-refractivity contribution in [2.24, 2.45) is 0 Å². The maximum absolute atomic E-state index is 12.4. The topological polar surface area (TPSA) is 58.6 Å². The molecule has 2 rings (SSSR count). The van der Waals surface area contributed by atoms with Gasteiger partial charge in [-0.2, -0.15) is 0 Å². The molecule has 5 nitrogen and oxygen atoms in total. The maximum atomic E-state index is 12.4. The number of nitrogens with zero attached hydrogens (tertiary/aromatic N) is 1. The Morgan fingerprint density at radius 3 is 2.68 bits per heavy atom. The number of ether oxygens (including phenoxy) is 1. The molecule has 1 fully saturated rings. The van der Waals surface area contributed by atoms with E-state index in [1.54, 1.807) is 25.7 Å². The summed E-state index contributed by atoms with van der Waals surface area (Å²) in [4.78, 5) is 25.9. The first-order chi connectivity index (χ1) is 10.2. The van der Waals surface area contributed by atoms with Crippen molar-refractivity contribution in [2.75, 3.05) is 11.4 Å². The van der Waals surface area contributed by atoms with Gasteiger partial charge in [-0.05, 0) is 57.9 Å². The zero-order valence-electron chi connectivity index (χ0n) is 13.3. The van der Waals surface area contributed by atoms with Crippen molar-refractivity contribution < 1.29 is 14.3 Å². The third kappa shape index (κ3) is 4.00. The lowest BCUT2D eigenvalue weighted by atomic mass is 10.2. The highest BCUT2D eigenvalue weighted by Crippen LogP contribution is 2.26. The van der Waals surface area contributed by atoms with E-state index in [2.05, 4.69) is 21.2 Å². The minimum Gasteiger partial charge on any atom is -0.444 e. The molecule has 1 aliphatic heterocycles. The van der Waals surface area contributed by atoms with Crippen LogP contribution in [0.2, 0.25) is 0 Å². The van der Waals surface area contributed by atoms with Gasteiger partial charge in [-0.1, -0.05) is 15.9 Å². The monoisotopic (exact) mass is 368 g/mol. The zero-order valence-corrected chi connectivity index (χ0v) is 14.9. The lowest BCUT2D eigenvalue weighted by Crippen LogP contribution is -2.43. The normalized spacial score (nSPS) is 18.5. The molecule has 1 N–H and O–H groups in total. The van der Waals surface area contributed by atoms with Crippen molar-refractivity contribution in [3.8, 4) is 0 Å². The van der Waals surface area contributed by atoms with Crippen molar-refractivity contribution in [3.63, 3.8) is 0 Å².